The van der Waals surface area contributed by atoms with Crippen molar-refractivity contribution < 1.29 is 59.6 Å². The van der Waals surface area contributed by atoms with Gasteiger partial charge < -0.3 is 45.2 Å². The number of hydrogen-bond donors (Lipinski definition) is 7. The molecule has 0 bridgehead atoms. The molecule has 144 valence electrons. The predicted octanol–water partition coefficient (Wildman–Crippen LogP) is -2.33. The average molecular weight is 376 g/mol. The Labute approximate surface area is 145 Å². The van der Waals surface area contributed by atoms with Crippen LogP contribution in [0.1, 0.15) is 10.4 Å². The van der Waals surface area contributed by atoms with E-state index in [9.17, 15) is 45.0 Å². The van der Waals surface area contributed by atoms with Gasteiger partial charge in [-0.15, -0.1) is 0 Å². The molecule has 0 radical (unpaired) electrons. The van der Waals surface area contributed by atoms with Gasteiger partial charge in [0.05, 0.1) is 12.7 Å². The molecule has 0 fully saturated rings. The molecule has 4 unspecified atom stereocenters. The monoisotopic (exact) mass is 376 g/mol. The number of benzene rings is 1. The smallest absolute Gasteiger partial charge is 0.347 e. The van der Waals surface area contributed by atoms with Crippen LogP contribution in [0.2, 0.25) is 0 Å². The molecule has 0 spiro atoms. The average Bonchev–Trinajstić information content (AvgIpc) is 2.60. The summed E-state index contributed by atoms with van der Waals surface area (Å²) in [5, 5.41) is 65.7. The number of aromatic hydroxyl groups is 3. The summed E-state index contributed by atoms with van der Waals surface area (Å²) in [6, 6.07) is 1.28. The van der Waals surface area contributed by atoms with Crippen molar-refractivity contribution in [1.82, 2.24) is 0 Å². The first-order valence-electron chi connectivity index (χ1n) is 6.82. The van der Waals surface area contributed by atoms with E-state index >= 15 is 0 Å². The molecule has 4 atom stereocenters. The number of phenols is 3. The molecule has 26 heavy (non-hydrogen) atoms. The Balaban J connectivity index is 3.03. The Morgan fingerprint density at radius 1 is 0.962 bits per heavy atom. The quantitative estimate of drug-likeness (QED) is 0.197. The Kier molecular flexibility index (Phi) is 6.71. The number of carboxylic acids is 1. The van der Waals surface area contributed by atoms with Crippen LogP contribution in [-0.4, -0.2) is 85.2 Å². The molecule has 7 N–H and O–H groups in total. The highest BCUT2D eigenvalue weighted by Gasteiger charge is 2.41. The van der Waals surface area contributed by atoms with Crippen molar-refractivity contribution in [2.75, 3.05) is 7.11 Å². The van der Waals surface area contributed by atoms with Gasteiger partial charge in [-0.3, -0.25) is 0 Å². The SMILES string of the molecule is COC(=O)C(O)C(O)C(O)C(OC(=O)c1cc(O)c(O)c(O)c1)C(=O)O. The molecule has 0 amide bonds. The van der Waals surface area contributed by atoms with Gasteiger partial charge in [-0.1, -0.05) is 0 Å². The van der Waals surface area contributed by atoms with E-state index in [0.29, 0.717) is 12.1 Å². The second-order valence-electron chi connectivity index (χ2n) is 4.98. The number of aliphatic carboxylic acids is 1. The van der Waals surface area contributed by atoms with E-state index in [4.69, 9.17) is 5.11 Å². The van der Waals surface area contributed by atoms with Crippen LogP contribution in [0.4, 0.5) is 0 Å². The lowest BCUT2D eigenvalue weighted by Gasteiger charge is -2.25. The lowest BCUT2D eigenvalue weighted by Crippen LogP contribution is -2.51. The van der Waals surface area contributed by atoms with E-state index in [-0.39, 0.29) is 0 Å². The molecule has 0 saturated heterocycles. The zero-order chi connectivity index (χ0) is 20.2. The van der Waals surface area contributed by atoms with E-state index in [2.05, 4.69) is 9.47 Å². The number of phenolic OH excluding ortho intramolecular Hbond substituents is 3. The standard InChI is InChI=1S/C14H16O12/c1-25-14(24)10(20)8(18)9(19)11(12(21)22)26-13(23)4-2-5(15)7(17)6(16)3-4/h2-3,8-11,15-20H,1H3,(H,21,22). The van der Waals surface area contributed by atoms with E-state index in [1.807, 2.05) is 0 Å². The topological polar surface area (TPSA) is 211 Å². The van der Waals surface area contributed by atoms with Crippen molar-refractivity contribution >= 4 is 17.9 Å². The van der Waals surface area contributed by atoms with Crippen molar-refractivity contribution in [2.24, 2.45) is 0 Å². The van der Waals surface area contributed by atoms with Crippen molar-refractivity contribution in [1.29, 1.82) is 0 Å². The van der Waals surface area contributed by atoms with Crippen LogP contribution < -0.4 is 0 Å². The van der Waals surface area contributed by atoms with Crippen LogP contribution in [0.25, 0.3) is 0 Å². The molecular weight excluding hydrogens is 360 g/mol. The third-order valence-electron chi connectivity index (χ3n) is 3.21. The predicted molar refractivity (Wildman–Crippen MR) is 78.3 cm³/mol. The largest absolute Gasteiger partial charge is 0.504 e. The molecule has 0 aliphatic heterocycles. The molecule has 0 heterocycles. The van der Waals surface area contributed by atoms with Gasteiger partial charge in [0.25, 0.3) is 0 Å². The molecule has 0 aromatic heterocycles. The number of carboxylic acid groups (broad SMARTS) is 1. The van der Waals surface area contributed by atoms with Gasteiger partial charge in [-0.2, -0.15) is 0 Å². The Hall–Kier alpha value is -3.09. The number of carbonyl (C=O) groups excluding carboxylic acids is 2. The van der Waals surface area contributed by atoms with Crippen LogP contribution in [0, 0.1) is 0 Å². The third kappa shape index (κ3) is 4.50. The summed E-state index contributed by atoms with van der Waals surface area (Å²) in [5.74, 6) is -7.54. The molecule has 12 nitrogen and oxygen atoms in total. The second-order valence-corrected chi connectivity index (χ2v) is 4.98. The minimum absolute atomic E-state index is 0.598. The maximum atomic E-state index is 11.9. The highest BCUT2D eigenvalue weighted by molar-refractivity contribution is 5.92. The maximum Gasteiger partial charge on any atom is 0.347 e. The third-order valence-corrected chi connectivity index (χ3v) is 3.21. The zero-order valence-electron chi connectivity index (χ0n) is 13.1. The van der Waals surface area contributed by atoms with Gasteiger partial charge in [-0.05, 0) is 12.1 Å². The molecule has 12 heteroatoms. The lowest BCUT2D eigenvalue weighted by molar-refractivity contribution is -0.174. The second kappa shape index (κ2) is 8.33. The van der Waals surface area contributed by atoms with E-state index in [1.54, 1.807) is 0 Å². The van der Waals surface area contributed by atoms with E-state index in [0.717, 1.165) is 7.11 Å². The molecule has 1 aromatic rings. The summed E-state index contributed by atoms with van der Waals surface area (Å²) in [7, 11) is 0.864. The lowest BCUT2D eigenvalue weighted by atomic mass is 10.0. The number of ether oxygens (including phenoxy) is 2. The minimum Gasteiger partial charge on any atom is -0.504 e. The van der Waals surface area contributed by atoms with Crippen molar-refractivity contribution in [3.05, 3.63) is 17.7 Å². The minimum atomic E-state index is -2.44. The normalized spacial score (nSPS) is 15.4. The molecule has 0 saturated carbocycles. The number of aliphatic hydroxyl groups is 3. The van der Waals surface area contributed by atoms with Gasteiger partial charge in [0.1, 0.15) is 12.2 Å². The fraction of sp³-hybridized carbons (Fsp3) is 0.357. The highest BCUT2D eigenvalue weighted by Crippen LogP contribution is 2.35. The van der Waals surface area contributed by atoms with Gasteiger partial charge >= 0.3 is 17.9 Å². The number of hydrogen-bond acceptors (Lipinski definition) is 11. The maximum absolute atomic E-state index is 11.9. The Morgan fingerprint density at radius 3 is 1.88 bits per heavy atom. The summed E-state index contributed by atoms with van der Waals surface area (Å²) in [4.78, 5) is 34.2. The fourth-order valence-electron chi connectivity index (χ4n) is 1.80. The number of methoxy groups -OCH3 is 1. The van der Waals surface area contributed by atoms with Crippen LogP contribution in [0.15, 0.2) is 12.1 Å². The highest BCUT2D eigenvalue weighted by atomic mass is 16.6. The Morgan fingerprint density at radius 2 is 1.46 bits per heavy atom. The molecule has 1 rings (SSSR count). The van der Waals surface area contributed by atoms with Gasteiger partial charge in [0.15, 0.2) is 23.4 Å². The fourth-order valence-corrected chi connectivity index (χ4v) is 1.80. The molecule has 0 aliphatic rings. The summed E-state index contributed by atoms with van der Waals surface area (Å²) < 4.78 is 8.60. The summed E-state index contributed by atoms with van der Waals surface area (Å²) >= 11 is 0. The van der Waals surface area contributed by atoms with Crippen molar-refractivity contribution in [3.8, 4) is 17.2 Å². The molecular formula is C14H16O12. The number of carbonyl (C=O) groups is 3. The van der Waals surface area contributed by atoms with Crippen molar-refractivity contribution in [3.63, 3.8) is 0 Å². The summed E-state index contributed by atoms with van der Waals surface area (Å²) in [5.41, 5.74) is -0.598. The Bertz CT molecular complexity index is 676. The van der Waals surface area contributed by atoms with E-state index in [1.165, 1.54) is 0 Å². The van der Waals surface area contributed by atoms with Crippen LogP contribution >= 0.6 is 0 Å². The summed E-state index contributed by atoms with van der Waals surface area (Å²) in [6.45, 7) is 0. The number of esters is 2. The molecule has 1 aromatic carbocycles. The first-order chi connectivity index (χ1) is 12.0. The summed E-state index contributed by atoms with van der Waals surface area (Å²) in [6.07, 6.45) is -9.57. The van der Waals surface area contributed by atoms with Gasteiger partial charge in [0, 0.05) is 0 Å². The van der Waals surface area contributed by atoms with Crippen LogP contribution in [-0.2, 0) is 19.1 Å². The van der Waals surface area contributed by atoms with Crippen LogP contribution in [0.5, 0.6) is 17.2 Å². The van der Waals surface area contributed by atoms with E-state index < -0.39 is 65.1 Å². The first-order valence-corrected chi connectivity index (χ1v) is 6.82. The van der Waals surface area contributed by atoms with Crippen molar-refractivity contribution in [2.45, 2.75) is 24.4 Å². The first kappa shape index (κ1) is 21.0. The van der Waals surface area contributed by atoms with Crippen LogP contribution in [0.3, 0.4) is 0 Å². The van der Waals surface area contributed by atoms with Gasteiger partial charge in [0.2, 0.25) is 6.10 Å². The van der Waals surface area contributed by atoms with Gasteiger partial charge in [-0.25, -0.2) is 14.4 Å². The zero-order valence-corrected chi connectivity index (χ0v) is 13.1. The molecule has 0 aliphatic carbocycles. The number of aliphatic hydroxyl groups excluding tert-OH is 3. The number of rotatable bonds is 7.